The van der Waals surface area contributed by atoms with E-state index in [4.69, 9.17) is 0 Å². The molecule has 1 rings (SSSR count). The maximum absolute atomic E-state index is 2.39. The molecule has 0 atom stereocenters. The van der Waals surface area contributed by atoms with E-state index in [2.05, 4.69) is 25.9 Å². The van der Waals surface area contributed by atoms with Gasteiger partial charge in [-0.3, -0.25) is 0 Å². The molecular formula is C15H35N. The van der Waals surface area contributed by atoms with E-state index in [1.807, 2.05) is 27.7 Å². The van der Waals surface area contributed by atoms with Gasteiger partial charge in [-0.25, -0.2) is 0 Å². The summed E-state index contributed by atoms with van der Waals surface area (Å²) in [5.41, 5.74) is 0. The van der Waals surface area contributed by atoms with Crippen LogP contribution >= 0.6 is 0 Å². The summed E-state index contributed by atoms with van der Waals surface area (Å²) >= 11 is 0. The summed E-state index contributed by atoms with van der Waals surface area (Å²) in [4.78, 5) is 2.39. The summed E-state index contributed by atoms with van der Waals surface area (Å²) in [6.07, 6.45) is 8.63. The minimum Gasteiger partial charge on any atom is -0.306 e. The number of hydrogen-bond donors (Lipinski definition) is 0. The third kappa shape index (κ3) is 8.15. The quantitative estimate of drug-likeness (QED) is 0.661. The molecule has 0 aromatic carbocycles. The highest BCUT2D eigenvalue weighted by molar-refractivity contribution is 4.76. The first kappa shape index (κ1) is 18.3. The topological polar surface area (TPSA) is 3.24 Å². The molecule has 0 aromatic rings. The summed E-state index contributed by atoms with van der Waals surface area (Å²) in [6.45, 7) is 10.3. The van der Waals surface area contributed by atoms with Crippen LogP contribution in [0.3, 0.4) is 0 Å². The van der Waals surface area contributed by atoms with Crippen molar-refractivity contribution in [3.05, 3.63) is 0 Å². The second-order valence-corrected chi connectivity index (χ2v) is 4.43. The highest BCUT2D eigenvalue weighted by atomic mass is 15.1. The zero-order chi connectivity index (χ0) is 13.0. The Balaban J connectivity index is 0. The van der Waals surface area contributed by atoms with Gasteiger partial charge in [0.25, 0.3) is 0 Å². The largest absolute Gasteiger partial charge is 0.306 e. The zero-order valence-corrected chi connectivity index (χ0v) is 12.8. The van der Waals surface area contributed by atoms with E-state index in [0.29, 0.717) is 0 Å². The van der Waals surface area contributed by atoms with Crippen LogP contribution in [0.25, 0.3) is 0 Å². The lowest BCUT2D eigenvalue weighted by Crippen LogP contribution is -2.32. The van der Waals surface area contributed by atoms with Crippen LogP contribution in [-0.2, 0) is 0 Å². The molecule has 1 nitrogen and oxygen atoms in total. The predicted molar refractivity (Wildman–Crippen MR) is 77.0 cm³/mol. The highest BCUT2D eigenvalue weighted by Gasteiger charge is 2.21. The van der Waals surface area contributed by atoms with Crippen molar-refractivity contribution in [2.24, 2.45) is 5.92 Å². The van der Waals surface area contributed by atoms with E-state index < -0.39 is 0 Å². The first-order valence-corrected chi connectivity index (χ1v) is 7.40. The number of hydrogen-bond acceptors (Lipinski definition) is 1. The van der Waals surface area contributed by atoms with Gasteiger partial charge < -0.3 is 4.90 Å². The van der Waals surface area contributed by atoms with Crippen molar-refractivity contribution >= 4 is 0 Å². The van der Waals surface area contributed by atoms with Crippen LogP contribution in [0.5, 0.6) is 0 Å². The van der Waals surface area contributed by atoms with Crippen LogP contribution in [0.2, 0.25) is 0 Å². The average Bonchev–Trinajstić information content (AvgIpc) is 2.35. The van der Waals surface area contributed by atoms with Crippen molar-refractivity contribution in [3.63, 3.8) is 0 Å². The normalized spacial score (nSPS) is 24.0. The molecule has 16 heavy (non-hydrogen) atoms. The van der Waals surface area contributed by atoms with Crippen LogP contribution in [0.15, 0.2) is 0 Å². The fourth-order valence-electron chi connectivity index (χ4n) is 2.36. The van der Waals surface area contributed by atoms with Gasteiger partial charge in [0.2, 0.25) is 0 Å². The van der Waals surface area contributed by atoms with E-state index in [1.165, 1.54) is 38.5 Å². The molecule has 0 saturated heterocycles. The Morgan fingerprint density at radius 1 is 0.875 bits per heavy atom. The monoisotopic (exact) mass is 229 g/mol. The average molecular weight is 229 g/mol. The fourth-order valence-corrected chi connectivity index (χ4v) is 2.36. The summed E-state index contributed by atoms with van der Waals surface area (Å²) in [5.74, 6) is 1.05. The molecule has 1 heteroatoms. The van der Waals surface area contributed by atoms with E-state index in [0.717, 1.165) is 12.0 Å². The SMILES string of the molecule is CC.CC.CCCC1CCC(N(C)C)CC1. The minimum absolute atomic E-state index is 0.873. The second kappa shape index (κ2) is 13.0. The maximum Gasteiger partial charge on any atom is 0.00893 e. The molecule has 1 aliphatic rings. The van der Waals surface area contributed by atoms with Gasteiger partial charge in [-0.15, -0.1) is 0 Å². The van der Waals surface area contributed by atoms with Gasteiger partial charge in [0.1, 0.15) is 0 Å². The van der Waals surface area contributed by atoms with Crippen molar-refractivity contribution < 1.29 is 0 Å². The van der Waals surface area contributed by atoms with Gasteiger partial charge in [0, 0.05) is 6.04 Å². The molecule has 100 valence electrons. The Morgan fingerprint density at radius 2 is 1.31 bits per heavy atom. The van der Waals surface area contributed by atoms with Crippen LogP contribution in [0.4, 0.5) is 0 Å². The summed E-state index contributed by atoms with van der Waals surface area (Å²) in [7, 11) is 4.43. The highest BCUT2D eigenvalue weighted by Crippen LogP contribution is 2.29. The van der Waals surface area contributed by atoms with Crippen LogP contribution in [0, 0.1) is 5.92 Å². The molecule has 0 aromatic heterocycles. The molecule has 0 amide bonds. The molecule has 0 spiro atoms. The fraction of sp³-hybridized carbons (Fsp3) is 1.00. The molecule has 0 heterocycles. The van der Waals surface area contributed by atoms with Crippen LogP contribution in [-0.4, -0.2) is 25.0 Å². The maximum atomic E-state index is 2.39. The van der Waals surface area contributed by atoms with Gasteiger partial charge in [0.05, 0.1) is 0 Å². The lowest BCUT2D eigenvalue weighted by Gasteiger charge is -2.32. The first-order chi connectivity index (χ1) is 7.74. The van der Waals surface area contributed by atoms with Gasteiger partial charge in [-0.1, -0.05) is 47.5 Å². The Kier molecular flexibility index (Phi) is 14.9. The van der Waals surface area contributed by atoms with E-state index in [-0.39, 0.29) is 0 Å². The lowest BCUT2D eigenvalue weighted by molar-refractivity contribution is 0.188. The molecule has 1 fully saturated rings. The molecule has 1 saturated carbocycles. The molecule has 0 aliphatic heterocycles. The van der Waals surface area contributed by atoms with Gasteiger partial charge in [-0.2, -0.15) is 0 Å². The molecule has 1 aliphatic carbocycles. The van der Waals surface area contributed by atoms with Gasteiger partial charge in [0.15, 0.2) is 0 Å². The minimum atomic E-state index is 0.873. The van der Waals surface area contributed by atoms with E-state index in [9.17, 15) is 0 Å². The molecular weight excluding hydrogens is 194 g/mol. The van der Waals surface area contributed by atoms with Crippen molar-refractivity contribution in [2.45, 2.75) is 79.2 Å². The van der Waals surface area contributed by atoms with Crippen LogP contribution in [0.1, 0.15) is 73.1 Å². The standard InChI is InChI=1S/C11H23N.2C2H6/c1-4-5-10-6-8-11(9-7-10)12(2)3;2*1-2/h10-11H,4-9H2,1-3H3;2*1-2H3. The van der Waals surface area contributed by atoms with Crippen molar-refractivity contribution in [1.82, 2.24) is 4.90 Å². The van der Waals surface area contributed by atoms with E-state index >= 15 is 0 Å². The third-order valence-corrected chi connectivity index (χ3v) is 3.24. The summed E-state index contributed by atoms with van der Waals surface area (Å²) in [6, 6.07) is 0.873. The van der Waals surface area contributed by atoms with Gasteiger partial charge in [-0.05, 0) is 45.7 Å². The number of rotatable bonds is 3. The Morgan fingerprint density at radius 3 is 1.62 bits per heavy atom. The molecule has 0 unspecified atom stereocenters. The lowest BCUT2D eigenvalue weighted by atomic mass is 9.83. The van der Waals surface area contributed by atoms with Gasteiger partial charge >= 0.3 is 0 Å². The Bertz CT molecular complexity index is 113. The molecule has 0 N–H and O–H groups in total. The van der Waals surface area contributed by atoms with Crippen LogP contribution < -0.4 is 0 Å². The smallest absolute Gasteiger partial charge is 0.00893 e. The van der Waals surface area contributed by atoms with E-state index in [1.54, 1.807) is 0 Å². The predicted octanol–water partition coefficient (Wildman–Crippen LogP) is 4.96. The zero-order valence-electron chi connectivity index (χ0n) is 12.8. The Labute approximate surface area is 105 Å². The Hall–Kier alpha value is -0.0400. The number of nitrogens with zero attached hydrogens (tertiary/aromatic N) is 1. The summed E-state index contributed by atoms with van der Waals surface area (Å²) < 4.78 is 0. The molecule has 0 bridgehead atoms. The van der Waals surface area contributed by atoms with Crippen molar-refractivity contribution in [2.75, 3.05) is 14.1 Å². The molecule has 0 radical (unpaired) electrons. The third-order valence-electron chi connectivity index (χ3n) is 3.24. The summed E-state index contributed by atoms with van der Waals surface area (Å²) in [5, 5.41) is 0. The second-order valence-electron chi connectivity index (χ2n) is 4.43. The van der Waals surface area contributed by atoms with Crippen molar-refractivity contribution in [3.8, 4) is 0 Å². The first-order valence-electron chi connectivity index (χ1n) is 7.40. The van der Waals surface area contributed by atoms with Crippen molar-refractivity contribution in [1.29, 1.82) is 0 Å².